The summed E-state index contributed by atoms with van der Waals surface area (Å²) in [4.78, 5) is 14.5. The van der Waals surface area contributed by atoms with E-state index in [0.717, 1.165) is 19.3 Å². The van der Waals surface area contributed by atoms with Crippen molar-refractivity contribution in [2.24, 2.45) is 0 Å². The van der Waals surface area contributed by atoms with Crippen molar-refractivity contribution in [2.45, 2.75) is 25.3 Å². The van der Waals surface area contributed by atoms with Gasteiger partial charge in [-0.25, -0.2) is 0 Å². The summed E-state index contributed by atoms with van der Waals surface area (Å²) in [7, 11) is 3.77. The molecule has 0 spiro atoms. The smallest absolute Gasteiger partial charge is 0.231 e. The number of nitrogens with one attached hydrogen (secondary N) is 1. The van der Waals surface area contributed by atoms with Crippen LogP contribution in [0.2, 0.25) is 0 Å². The number of nitrogens with two attached hydrogens (primary N) is 1. The van der Waals surface area contributed by atoms with E-state index in [1.807, 2.05) is 19.0 Å². The lowest BCUT2D eigenvalue weighted by molar-refractivity contribution is 0.596. The first kappa shape index (κ1) is 13.6. The molecule has 6 heteroatoms. The minimum Gasteiger partial charge on any atom is -0.368 e. The van der Waals surface area contributed by atoms with E-state index in [1.54, 1.807) is 0 Å². The Morgan fingerprint density at radius 3 is 2.81 bits per heavy atom. The molecule has 1 aromatic carbocycles. The first-order chi connectivity index (χ1) is 10.1. The molecule has 1 aliphatic carbocycles. The maximum absolute atomic E-state index is 5.77. The highest BCUT2D eigenvalue weighted by Gasteiger charge is 2.20. The molecule has 3 rings (SSSR count). The molecule has 0 aliphatic heterocycles. The average molecular weight is 284 g/mol. The third kappa shape index (κ3) is 2.89. The molecule has 0 fully saturated rings. The van der Waals surface area contributed by atoms with Gasteiger partial charge in [0.25, 0.3) is 0 Å². The van der Waals surface area contributed by atoms with E-state index >= 15 is 0 Å². The van der Waals surface area contributed by atoms with E-state index in [-0.39, 0.29) is 12.0 Å². The highest BCUT2D eigenvalue weighted by atomic mass is 15.3. The van der Waals surface area contributed by atoms with Gasteiger partial charge in [-0.3, -0.25) is 0 Å². The van der Waals surface area contributed by atoms with Crippen LogP contribution in [0.1, 0.15) is 30.0 Å². The third-order valence-corrected chi connectivity index (χ3v) is 3.71. The number of rotatable bonds is 3. The van der Waals surface area contributed by atoms with Gasteiger partial charge in [0.2, 0.25) is 17.8 Å². The summed E-state index contributed by atoms with van der Waals surface area (Å²) < 4.78 is 0. The second-order valence-electron chi connectivity index (χ2n) is 5.50. The van der Waals surface area contributed by atoms with Crippen LogP contribution < -0.4 is 16.0 Å². The van der Waals surface area contributed by atoms with Gasteiger partial charge >= 0.3 is 0 Å². The predicted octanol–water partition coefficient (Wildman–Crippen LogP) is 2.01. The Balaban J connectivity index is 1.88. The Labute approximate surface area is 124 Å². The van der Waals surface area contributed by atoms with E-state index in [9.17, 15) is 0 Å². The highest BCUT2D eigenvalue weighted by molar-refractivity contribution is 5.44. The zero-order valence-electron chi connectivity index (χ0n) is 12.4. The molecule has 1 aliphatic rings. The molecule has 0 saturated heterocycles. The van der Waals surface area contributed by atoms with E-state index in [4.69, 9.17) is 5.73 Å². The highest BCUT2D eigenvalue weighted by Crippen LogP contribution is 2.31. The number of hydrogen-bond donors (Lipinski definition) is 2. The lowest BCUT2D eigenvalue weighted by Crippen LogP contribution is -2.21. The SMILES string of the molecule is CN(C)c1nc(N)nc(NC2CCCc3ccccc32)n1. The van der Waals surface area contributed by atoms with Crippen LogP contribution in [0.25, 0.3) is 0 Å². The van der Waals surface area contributed by atoms with Crippen LogP contribution in [-0.2, 0) is 6.42 Å². The van der Waals surface area contributed by atoms with Gasteiger partial charge in [-0.2, -0.15) is 15.0 Å². The molecule has 3 N–H and O–H groups in total. The van der Waals surface area contributed by atoms with Gasteiger partial charge in [-0.05, 0) is 30.4 Å². The van der Waals surface area contributed by atoms with Crippen molar-refractivity contribution >= 4 is 17.8 Å². The first-order valence-electron chi connectivity index (χ1n) is 7.16. The van der Waals surface area contributed by atoms with Gasteiger partial charge < -0.3 is 16.0 Å². The van der Waals surface area contributed by atoms with Gasteiger partial charge in [0.1, 0.15) is 0 Å². The molecule has 1 atom stereocenters. The molecule has 0 bridgehead atoms. The van der Waals surface area contributed by atoms with E-state index in [0.29, 0.717) is 11.9 Å². The quantitative estimate of drug-likeness (QED) is 0.897. The Hall–Kier alpha value is -2.37. The normalized spacial score (nSPS) is 17.1. The lowest BCUT2D eigenvalue weighted by Gasteiger charge is -2.26. The number of hydrogen-bond acceptors (Lipinski definition) is 6. The molecule has 6 nitrogen and oxygen atoms in total. The summed E-state index contributed by atoms with van der Waals surface area (Å²) in [6.45, 7) is 0. The zero-order valence-corrected chi connectivity index (χ0v) is 12.4. The maximum atomic E-state index is 5.77. The summed E-state index contributed by atoms with van der Waals surface area (Å²) >= 11 is 0. The van der Waals surface area contributed by atoms with Gasteiger partial charge in [0, 0.05) is 14.1 Å². The molecule has 110 valence electrons. The molecule has 0 radical (unpaired) electrons. The summed E-state index contributed by atoms with van der Waals surface area (Å²) in [6, 6.07) is 8.75. The van der Waals surface area contributed by atoms with Crippen LogP contribution in [0, 0.1) is 0 Å². The molecule has 1 heterocycles. The number of anilines is 3. The monoisotopic (exact) mass is 284 g/mol. The Morgan fingerprint density at radius 2 is 2.00 bits per heavy atom. The molecule has 0 amide bonds. The second kappa shape index (κ2) is 5.55. The summed E-state index contributed by atoms with van der Waals surface area (Å²) in [6.07, 6.45) is 3.37. The average Bonchev–Trinajstić information content (AvgIpc) is 2.47. The number of aromatic nitrogens is 3. The fraction of sp³-hybridized carbons (Fsp3) is 0.400. The van der Waals surface area contributed by atoms with Crippen LogP contribution in [0.15, 0.2) is 24.3 Å². The molecule has 2 aromatic rings. The van der Waals surface area contributed by atoms with Crippen molar-refractivity contribution in [3.8, 4) is 0 Å². The van der Waals surface area contributed by atoms with E-state index in [1.165, 1.54) is 11.1 Å². The summed E-state index contributed by atoms with van der Waals surface area (Å²) in [5, 5.41) is 3.40. The lowest BCUT2D eigenvalue weighted by atomic mass is 9.88. The van der Waals surface area contributed by atoms with Crippen molar-refractivity contribution in [2.75, 3.05) is 30.0 Å². The van der Waals surface area contributed by atoms with Crippen molar-refractivity contribution in [3.05, 3.63) is 35.4 Å². The van der Waals surface area contributed by atoms with Gasteiger partial charge in [0.15, 0.2) is 0 Å². The largest absolute Gasteiger partial charge is 0.368 e. The van der Waals surface area contributed by atoms with Crippen LogP contribution in [0.3, 0.4) is 0 Å². The van der Waals surface area contributed by atoms with Crippen molar-refractivity contribution in [3.63, 3.8) is 0 Å². The summed E-state index contributed by atoms with van der Waals surface area (Å²) in [5.74, 6) is 1.34. The van der Waals surface area contributed by atoms with Gasteiger partial charge in [-0.15, -0.1) is 0 Å². The standard InChI is InChI=1S/C15H20N6/c1-21(2)15-19-13(16)18-14(20-15)17-12-9-5-7-10-6-3-4-8-11(10)12/h3-4,6,8,12H,5,7,9H2,1-2H3,(H3,16,17,18,19,20). The minimum atomic E-state index is 0.228. The Morgan fingerprint density at radius 1 is 1.19 bits per heavy atom. The molecular weight excluding hydrogens is 264 g/mol. The molecule has 21 heavy (non-hydrogen) atoms. The number of fused-ring (bicyclic) bond motifs is 1. The number of nitrogens with zero attached hydrogens (tertiary/aromatic N) is 4. The van der Waals surface area contributed by atoms with E-state index in [2.05, 4.69) is 44.5 Å². The van der Waals surface area contributed by atoms with Crippen molar-refractivity contribution < 1.29 is 0 Å². The van der Waals surface area contributed by atoms with Crippen molar-refractivity contribution in [1.82, 2.24) is 15.0 Å². The molecule has 1 aromatic heterocycles. The van der Waals surface area contributed by atoms with Crippen LogP contribution >= 0.6 is 0 Å². The molecule has 0 saturated carbocycles. The topological polar surface area (TPSA) is 80.0 Å². The van der Waals surface area contributed by atoms with Crippen LogP contribution in [0.5, 0.6) is 0 Å². The van der Waals surface area contributed by atoms with E-state index < -0.39 is 0 Å². The maximum Gasteiger partial charge on any atom is 0.231 e. The van der Waals surface area contributed by atoms with Gasteiger partial charge in [-0.1, -0.05) is 24.3 Å². The van der Waals surface area contributed by atoms with Crippen LogP contribution in [-0.4, -0.2) is 29.0 Å². The number of aryl methyl sites for hydroxylation is 1. The van der Waals surface area contributed by atoms with Crippen LogP contribution in [0.4, 0.5) is 17.8 Å². The van der Waals surface area contributed by atoms with Crippen molar-refractivity contribution in [1.29, 1.82) is 0 Å². The predicted molar refractivity (Wildman–Crippen MR) is 84.3 cm³/mol. The molecule has 1 unspecified atom stereocenters. The first-order valence-corrected chi connectivity index (χ1v) is 7.16. The number of benzene rings is 1. The second-order valence-corrected chi connectivity index (χ2v) is 5.50. The Bertz CT molecular complexity index is 640. The fourth-order valence-corrected chi connectivity index (χ4v) is 2.70. The molecular formula is C15H20N6. The zero-order chi connectivity index (χ0) is 14.8. The number of nitrogen functional groups attached to an aromatic ring is 1. The summed E-state index contributed by atoms with van der Waals surface area (Å²) in [5.41, 5.74) is 8.50. The third-order valence-electron chi connectivity index (χ3n) is 3.71. The Kier molecular flexibility index (Phi) is 3.60. The minimum absolute atomic E-state index is 0.228. The van der Waals surface area contributed by atoms with Gasteiger partial charge in [0.05, 0.1) is 6.04 Å². The fourth-order valence-electron chi connectivity index (χ4n) is 2.70.